The Labute approximate surface area is 640 Å². The van der Waals surface area contributed by atoms with Crippen molar-refractivity contribution in [3.05, 3.63) is 71.3 Å². The van der Waals surface area contributed by atoms with E-state index < -0.39 is 22.4 Å². The molecule has 0 radical (unpaired) electrons. The van der Waals surface area contributed by atoms with Gasteiger partial charge in [0.15, 0.2) is 0 Å². The van der Waals surface area contributed by atoms with Crippen LogP contribution in [0.3, 0.4) is 0 Å². The number of nitrogens with one attached hydrogen (secondary N) is 4. The first-order valence-electron chi connectivity index (χ1n) is 39.1. The average Bonchev–Trinajstić information content (AvgIpc) is 0.824. The third kappa shape index (κ3) is 33.9. The first-order chi connectivity index (χ1) is 48.3. The Bertz CT molecular complexity index is 2850. The van der Waals surface area contributed by atoms with Crippen molar-refractivity contribution in [2.45, 2.75) is 289 Å². The fourth-order valence-electron chi connectivity index (χ4n) is 15.4. The van der Waals surface area contributed by atoms with E-state index in [1.165, 1.54) is 23.1 Å². The second-order valence-corrected chi connectivity index (χ2v) is 34.0. The number of amides is 8. The summed E-state index contributed by atoms with van der Waals surface area (Å²) in [6.45, 7) is 32.9. The predicted molar refractivity (Wildman–Crippen MR) is 424 cm³/mol. The number of hydrogen-bond donors (Lipinski definition) is 4. The summed E-state index contributed by atoms with van der Waals surface area (Å²) < 4.78 is 26.4. The number of piperidine rings is 2. The molecule has 0 spiro atoms. The number of alkyl carbamates (subject to hydrolysis) is 4. The number of hydrogen-bond acceptors (Lipinski definition) is 13. The van der Waals surface area contributed by atoms with Gasteiger partial charge in [0.25, 0.3) is 0 Å². The smallest absolute Gasteiger partial charge is 0.407 e. The first-order valence-corrected chi connectivity index (χ1v) is 39.1. The molecule has 0 aromatic heterocycles. The highest BCUT2D eigenvalue weighted by Gasteiger charge is 2.37. The third-order valence-corrected chi connectivity index (χ3v) is 21.0. The van der Waals surface area contributed by atoms with Gasteiger partial charge in [-0.3, -0.25) is 19.2 Å². The number of ether oxygens (including phenoxy) is 5. The van der Waals surface area contributed by atoms with E-state index >= 15 is 0 Å². The zero-order valence-electron chi connectivity index (χ0n) is 64.4. The minimum atomic E-state index is -0.472. The van der Waals surface area contributed by atoms with Gasteiger partial charge in [-0.1, -0.05) is 84.3 Å². The highest BCUT2D eigenvalue weighted by molar-refractivity contribution is 5.81. The Morgan fingerprint density at radius 3 is 1.03 bits per heavy atom. The molecule has 604 valence electrons. The maximum Gasteiger partial charge on any atom is 0.407 e. The van der Waals surface area contributed by atoms with Crippen LogP contribution in [-0.2, 0) is 55.8 Å². The largest absolute Gasteiger partial charge is 0.444 e. The summed E-state index contributed by atoms with van der Waals surface area (Å²) in [7, 11) is 0. The number of nitrogens with zero attached hydrogens (tertiary/aromatic N) is 4. The van der Waals surface area contributed by atoms with E-state index in [1.54, 1.807) is 0 Å². The molecule has 0 bridgehead atoms. The molecule has 1 unspecified atom stereocenters. The maximum atomic E-state index is 13.1. The normalized spacial score (nSPS) is 23.9. The summed E-state index contributed by atoms with van der Waals surface area (Å²) in [6.07, 6.45) is 20.7. The fraction of sp³-hybridized carbons (Fsp3) is 0.765. The van der Waals surface area contributed by atoms with Crippen LogP contribution in [0.25, 0.3) is 0 Å². The molecule has 4 aliphatic carbocycles. The predicted octanol–water partition coefficient (Wildman–Crippen LogP) is 16.7. The minimum Gasteiger partial charge on any atom is -0.444 e. The van der Waals surface area contributed by atoms with Gasteiger partial charge in [-0.25, -0.2) is 19.2 Å². The molecule has 7 fully saturated rings. The van der Waals surface area contributed by atoms with E-state index in [1.807, 2.05) is 99.0 Å². The molecular formula is C85H146N8O13. The van der Waals surface area contributed by atoms with Crippen molar-refractivity contribution in [2.24, 2.45) is 47.3 Å². The summed E-state index contributed by atoms with van der Waals surface area (Å²) in [5.74, 6) is 4.15. The minimum absolute atomic E-state index is 0. The first kappa shape index (κ1) is 93.6. The molecule has 4 saturated carbocycles. The standard InChI is InChI=1S/C24H36N2O3.C22H32N2O3.C18H32N2O3.C17H30N2O4.4CH4/c1-24(2,3)29-23(28)25-16-18-11-13-20(14-12-18)22(27)26-15-7-10-21(17-26)19-8-5-4-6-9-19;1-22(2,3)27-21(26)23-14-16-8-10-18(11-9-16)20(25)24-13-12-17-6-4-5-7-19(17)15-24;1-18(2,3)23-17(22)19-13-14-7-9-15(10-8-14)16(21)20-11-5-4-6-12-20;1-17(2,3)23-16(21)18-12-13-4-6-14(7-5-13)15(20)19-8-10-22-11-9-19;;;;/h4-6,8-9,18,20-21H,7,10-17H2,1-3H3,(H,25,28);4-7,16,18H,8-15H2,1-3H3,(H,23,26);14-15H,4-13H2,1-3H3,(H,19,22);13-14H,4-12H2,1-3H3,(H,18,21);4*1H4. The number of benzene rings is 2. The molecule has 1 atom stereocenters. The van der Waals surface area contributed by atoms with Crippen molar-refractivity contribution >= 4 is 48.0 Å². The lowest BCUT2D eigenvalue weighted by Gasteiger charge is -2.37. The van der Waals surface area contributed by atoms with Crippen LogP contribution in [0.1, 0.15) is 270 Å². The lowest BCUT2D eigenvalue weighted by atomic mass is 9.80. The second kappa shape index (κ2) is 45.4. The van der Waals surface area contributed by atoms with Crippen LogP contribution < -0.4 is 21.3 Å². The van der Waals surface area contributed by atoms with Crippen LogP contribution in [0, 0.1) is 47.3 Å². The monoisotopic (exact) mass is 1490 g/mol. The average molecular weight is 1490 g/mol. The Balaban J connectivity index is 0.000000364. The van der Waals surface area contributed by atoms with Crippen LogP contribution in [0.2, 0.25) is 0 Å². The number of carbonyl (C=O) groups is 8. The zero-order chi connectivity index (χ0) is 74.0. The van der Waals surface area contributed by atoms with E-state index in [-0.39, 0.29) is 83.7 Å². The molecule has 10 rings (SSSR count). The second-order valence-electron chi connectivity index (χ2n) is 34.0. The Morgan fingerprint density at radius 1 is 0.358 bits per heavy atom. The van der Waals surface area contributed by atoms with Gasteiger partial charge in [0.1, 0.15) is 22.4 Å². The van der Waals surface area contributed by atoms with Gasteiger partial charge in [-0.2, -0.15) is 0 Å². The molecule has 21 nitrogen and oxygen atoms in total. The van der Waals surface area contributed by atoms with Crippen LogP contribution in [0.15, 0.2) is 54.6 Å². The molecule has 106 heavy (non-hydrogen) atoms. The molecule has 8 amide bonds. The third-order valence-electron chi connectivity index (χ3n) is 21.0. The lowest BCUT2D eigenvalue weighted by molar-refractivity contribution is -0.141. The highest BCUT2D eigenvalue weighted by atomic mass is 16.6. The van der Waals surface area contributed by atoms with Gasteiger partial charge < -0.3 is 64.6 Å². The van der Waals surface area contributed by atoms with E-state index in [4.69, 9.17) is 23.7 Å². The van der Waals surface area contributed by atoms with Crippen molar-refractivity contribution in [3.63, 3.8) is 0 Å². The Hall–Kier alpha value is -6.64. The summed E-state index contributed by atoms with van der Waals surface area (Å²) in [6, 6.07) is 19.0. The van der Waals surface area contributed by atoms with E-state index in [0.717, 1.165) is 187 Å². The zero-order valence-corrected chi connectivity index (χ0v) is 64.4. The van der Waals surface area contributed by atoms with Crippen LogP contribution >= 0.6 is 0 Å². The van der Waals surface area contributed by atoms with Crippen LogP contribution in [-0.4, -0.2) is 175 Å². The molecule has 2 aromatic rings. The number of carbonyl (C=O) groups excluding carboxylic acids is 8. The molecule has 4 heterocycles. The molecule has 4 aliphatic heterocycles. The number of rotatable bonds is 13. The van der Waals surface area contributed by atoms with Gasteiger partial charge in [0, 0.05) is 108 Å². The molecule has 21 heteroatoms. The fourth-order valence-corrected chi connectivity index (χ4v) is 15.4. The van der Waals surface area contributed by atoms with Crippen molar-refractivity contribution in [3.8, 4) is 0 Å². The summed E-state index contributed by atoms with van der Waals surface area (Å²) in [4.78, 5) is 106. The van der Waals surface area contributed by atoms with E-state index in [9.17, 15) is 38.4 Å². The summed E-state index contributed by atoms with van der Waals surface area (Å²) in [5.41, 5.74) is 2.14. The van der Waals surface area contributed by atoms with Gasteiger partial charge >= 0.3 is 24.4 Å². The molecule has 2 aromatic carbocycles. The maximum absolute atomic E-state index is 13.1. The van der Waals surface area contributed by atoms with Gasteiger partial charge in [0.05, 0.1) is 13.2 Å². The summed E-state index contributed by atoms with van der Waals surface area (Å²) >= 11 is 0. The Kier molecular flexibility index (Phi) is 40.0. The van der Waals surface area contributed by atoms with Gasteiger partial charge in [-0.15, -0.1) is 0 Å². The highest BCUT2D eigenvalue weighted by Crippen LogP contribution is 2.36. The molecule has 3 saturated heterocycles. The summed E-state index contributed by atoms with van der Waals surface area (Å²) in [5, 5.41) is 11.5. The number of likely N-dealkylation sites (tertiary alicyclic amines) is 2. The topological polar surface area (TPSA) is 244 Å². The van der Waals surface area contributed by atoms with Crippen LogP contribution in [0.5, 0.6) is 0 Å². The van der Waals surface area contributed by atoms with Crippen molar-refractivity contribution in [1.29, 1.82) is 0 Å². The van der Waals surface area contributed by atoms with Gasteiger partial charge in [0.2, 0.25) is 23.6 Å². The number of fused-ring (bicyclic) bond motifs is 1. The molecule has 8 aliphatic rings. The van der Waals surface area contributed by atoms with Crippen molar-refractivity contribution in [1.82, 2.24) is 40.9 Å². The quantitative estimate of drug-likeness (QED) is 0.137. The van der Waals surface area contributed by atoms with E-state index in [0.29, 0.717) is 86.7 Å². The SMILES string of the molecule is C.C.C.C.CC(C)(C)OC(=O)NCC1CCC(C(=O)N2CCCC(c3ccccc3)C2)CC1.CC(C)(C)OC(=O)NCC1CCC(C(=O)N2CCCCC2)CC1.CC(C)(C)OC(=O)NCC1CCC(C(=O)N2CCOCC2)CC1.CC(C)(C)OC(=O)NCC1CCC(C(=O)N2CCc3ccccc3C2)CC1. The number of morpholine rings is 1. The van der Waals surface area contributed by atoms with E-state index in [2.05, 4.69) is 79.6 Å². The lowest BCUT2D eigenvalue weighted by Crippen LogP contribution is -2.45. The molecular weight excluding hydrogens is 1340 g/mol. The van der Waals surface area contributed by atoms with Crippen molar-refractivity contribution in [2.75, 3.05) is 85.2 Å². The molecule has 4 N–H and O–H groups in total. The van der Waals surface area contributed by atoms with Crippen molar-refractivity contribution < 1.29 is 62.0 Å². The van der Waals surface area contributed by atoms with Crippen LogP contribution in [0.4, 0.5) is 19.2 Å². The van der Waals surface area contributed by atoms with Gasteiger partial charge in [-0.05, 0) is 265 Å². The Morgan fingerprint density at radius 2 is 0.670 bits per heavy atom.